The molecular formula is C21H35NO2. The van der Waals surface area contributed by atoms with Gasteiger partial charge in [0.15, 0.2) is 0 Å². The maximum absolute atomic E-state index is 6.00. The summed E-state index contributed by atoms with van der Waals surface area (Å²) in [6.07, 6.45) is 11.1. The summed E-state index contributed by atoms with van der Waals surface area (Å²) >= 11 is 0. The average Bonchev–Trinajstić information content (AvgIpc) is 3.12. The first-order valence-electron chi connectivity index (χ1n) is 9.45. The van der Waals surface area contributed by atoms with Gasteiger partial charge in [0.05, 0.1) is 6.10 Å². The van der Waals surface area contributed by atoms with Gasteiger partial charge in [0, 0.05) is 18.7 Å². The van der Waals surface area contributed by atoms with E-state index in [0.29, 0.717) is 6.61 Å². The third-order valence-electron chi connectivity index (χ3n) is 5.19. The Morgan fingerprint density at radius 2 is 1.88 bits per heavy atom. The molecule has 1 aliphatic carbocycles. The van der Waals surface area contributed by atoms with Crippen molar-refractivity contribution in [2.24, 2.45) is 5.92 Å². The lowest BCUT2D eigenvalue weighted by Crippen LogP contribution is -2.20. The van der Waals surface area contributed by atoms with Gasteiger partial charge >= 0.3 is 0 Å². The Balaban J connectivity index is 0.00000208. The minimum absolute atomic E-state index is 0. The second-order valence-corrected chi connectivity index (χ2v) is 7.02. The van der Waals surface area contributed by atoms with Crippen molar-refractivity contribution >= 4 is 0 Å². The molecule has 1 heterocycles. The van der Waals surface area contributed by atoms with Crippen LogP contribution in [0, 0.1) is 5.92 Å². The summed E-state index contributed by atoms with van der Waals surface area (Å²) in [5.41, 5.74) is 1.26. The zero-order chi connectivity index (χ0) is 15.7. The van der Waals surface area contributed by atoms with Gasteiger partial charge in [-0.2, -0.15) is 0 Å². The second kappa shape index (κ2) is 10.7. The lowest BCUT2D eigenvalue weighted by molar-refractivity contribution is 0.0676. The summed E-state index contributed by atoms with van der Waals surface area (Å²) in [6.45, 7) is 3.58. The molecule has 1 unspecified atom stereocenters. The van der Waals surface area contributed by atoms with Gasteiger partial charge in [0.2, 0.25) is 0 Å². The number of ether oxygens (including phenoxy) is 2. The fourth-order valence-electron chi connectivity index (χ4n) is 3.75. The largest absolute Gasteiger partial charge is 0.491 e. The zero-order valence-electron chi connectivity index (χ0n) is 14.3. The summed E-state index contributed by atoms with van der Waals surface area (Å²) < 4.78 is 11.6. The normalized spacial score (nSPS) is 21.4. The first kappa shape index (κ1) is 19.3. The van der Waals surface area contributed by atoms with Crippen LogP contribution in [0.15, 0.2) is 24.3 Å². The van der Waals surface area contributed by atoms with Gasteiger partial charge < -0.3 is 14.8 Å². The van der Waals surface area contributed by atoms with Gasteiger partial charge in [-0.25, -0.2) is 0 Å². The van der Waals surface area contributed by atoms with E-state index in [4.69, 9.17) is 9.47 Å². The highest BCUT2D eigenvalue weighted by Gasteiger charge is 2.17. The molecule has 0 bridgehead atoms. The lowest BCUT2D eigenvalue weighted by atomic mass is 9.87. The van der Waals surface area contributed by atoms with Gasteiger partial charge in [-0.3, -0.25) is 0 Å². The molecule has 2 aliphatic rings. The molecule has 1 saturated carbocycles. The van der Waals surface area contributed by atoms with Crippen LogP contribution in [0.5, 0.6) is 5.75 Å². The minimum atomic E-state index is 0. The molecule has 1 N–H and O–H groups in total. The molecule has 3 nitrogen and oxygen atoms in total. The van der Waals surface area contributed by atoms with Crippen molar-refractivity contribution in [1.29, 1.82) is 0 Å². The van der Waals surface area contributed by atoms with E-state index in [2.05, 4.69) is 29.6 Å². The number of nitrogens with one attached hydrogen (secondary N) is 1. The molecular weight excluding hydrogens is 298 g/mol. The third-order valence-corrected chi connectivity index (χ3v) is 5.19. The third kappa shape index (κ3) is 6.10. The maximum atomic E-state index is 6.00. The van der Waals surface area contributed by atoms with Crippen LogP contribution in [0.3, 0.4) is 0 Å². The monoisotopic (exact) mass is 333 g/mol. The Hall–Kier alpha value is -1.06. The van der Waals surface area contributed by atoms with Crippen molar-refractivity contribution in [3.05, 3.63) is 29.8 Å². The molecule has 136 valence electrons. The van der Waals surface area contributed by atoms with E-state index < -0.39 is 0 Å². The van der Waals surface area contributed by atoms with Crippen LogP contribution >= 0.6 is 0 Å². The number of hydrogen-bond acceptors (Lipinski definition) is 3. The highest BCUT2D eigenvalue weighted by molar-refractivity contribution is 5.33. The second-order valence-electron chi connectivity index (χ2n) is 7.02. The highest BCUT2D eigenvalue weighted by Crippen LogP contribution is 2.26. The molecule has 1 aromatic carbocycles. The lowest BCUT2D eigenvalue weighted by Gasteiger charge is -2.21. The first-order chi connectivity index (χ1) is 11.4. The van der Waals surface area contributed by atoms with Crippen LogP contribution in [-0.2, 0) is 11.3 Å². The van der Waals surface area contributed by atoms with Crippen molar-refractivity contribution in [2.75, 3.05) is 19.8 Å². The van der Waals surface area contributed by atoms with Crippen LogP contribution in [0.25, 0.3) is 0 Å². The van der Waals surface area contributed by atoms with E-state index in [1.54, 1.807) is 0 Å². The van der Waals surface area contributed by atoms with Gasteiger partial charge in [-0.15, -0.1) is 0 Å². The molecule has 1 atom stereocenters. The molecule has 0 amide bonds. The Morgan fingerprint density at radius 3 is 2.67 bits per heavy atom. The van der Waals surface area contributed by atoms with Crippen molar-refractivity contribution in [3.63, 3.8) is 0 Å². The van der Waals surface area contributed by atoms with E-state index >= 15 is 0 Å². The standard InChI is InChI=1S/C20H31NO2.CH4/c1-2-7-17(8-3-1)12-13-21-15-18-9-4-5-11-20(18)23-16-19-10-6-14-22-19;/h4-5,9,11,17,19,21H,1-3,6-8,10,12-16H2;1H4. The van der Waals surface area contributed by atoms with Crippen LogP contribution in [0.4, 0.5) is 0 Å². The Kier molecular flexibility index (Phi) is 8.62. The fourth-order valence-corrected chi connectivity index (χ4v) is 3.75. The first-order valence-corrected chi connectivity index (χ1v) is 9.45. The van der Waals surface area contributed by atoms with Crippen molar-refractivity contribution in [2.45, 2.75) is 71.4 Å². The molecule has 24 heavy (non-hydrogen) atoms. The van der Waals surface area contributed by atoms with E-state index in [1.807, 2.05) is 0 Å². The van der Waals surface area contributed by atoms with Crippen molar-refractivity contribution in [3.8, 4) is 5.75 Å². The number of benzene rings is 1. The van der Waals surface area contributed by atoms with Crippen LogP contribution in [0.2, 0.25) is 0 Å². The minimum Gasteiger partial charge on any atom is -0.491 e. The van der Waals surface area contributed by atoms with Crippen molar-refractivity contribution in [1.82, 2.24) is 5.32 Å². The predicted molar refractivity (Wildman–Crippen MR) is 101 cm³/mol. The topological polar surface area (TPSA) is 30.5 Å². The van der Waals surface area contributed by atoms with Crippen LogP contribution < -0.4 is 10.1 Å². The summed E-state index contributed by atoms with van der Waals surface area (Å²) in [5, 5.41) is 3.61. The van der Waals surface area contributed by atoms with Gasteiger partial charge in [0.1, 0.15) is 12.4 Å². The number of hydrogen-bond donors (Lipinski definition) is 1. The van der Waals surface area contributed by atoms with E-state index in [-0.39, 0.29) is 13.5 Å². The maximum Gasteiger partial charge on any atom is 0.123 e. The average molecular weight is 334 g/mol. The van der Waals surface area contributed by atoms with Gasteiger partial charge in [-0.1, -0.05) is 57.7 Å². The Morgan fingerprint density at radius 1 is 1.04 bits per heavy atom. The summed E-state index contributed by atoms with van der Waals surface area (Å²) in [4.78, 5) is 0. The van der Waals surface area contributed by atoms with E-state index in [1.165, 1.54) is 50.5 Å². The number of rotatable bonds is 8. The molecule has 0 aromatic heterocycles. The van der Waals surface area contributed by atoms with E-state index in [0.717, 1.165) is 37.8 Å². The van der Waals surface area contributed by atoms with Gasteiger partial charge in [0.25, 0.3) is 0 Å². The SMILES string of the molecule is C.c1ccc(OCC2CCCO2)c(CNCCC2CCCCC2)c1. The summed E-state index contributed by atoms with van der Waals surface area (Å²) in [5.74, 6) is 1.95. The summed E-state index contributed by atoms with van der Waals surface area (Å²) in [7, 11) is 0. The molecule has 1 aliphatic heterocycles. The Labute approximate surface area is 148 Å². The molecule has 0 spiro atoms. The van der Waals surface area contributed by atoms with E-state index in [9.17, 15) is 0 Å². The molecule has 2 fully saturated rings. The fraction of sp³-hybridized carbons (Fsp3) is 0.714. The summed E-state index contributed by atoms with van der Waals surface area (Å²) in [6, 6.07) is 8.39. The van der Waals surface area contributed by atoms with Crippen LogP contribution in [-0.4, -0.2) is 25.9 Å². The Bertz CT molecular complexity index is 451. The zero-order valence-corrected chi connectivity index (χ0v) is 14.3. The molecule has 0 radical (unpaired) electrons. The molecule has 3 heteroatoms. The molecule has 1 saturated heterocycles. The smallest absolute Gasteiger partial charge is 0.123 e. The van der Waals surface area contributed by atoms with Crippen LogP contribution in [0.1, 0.15) is 64.4 Å². The highest BCUT2D eigenvalue weighted by atomic mass is 16.5. The van der Waals surface area contributed by atoms with Crippen molar-refractivity contribution < 1.29 is 9.47 Å². The predicted octanol–water partition coefficient (Wildman–Crippen LogP) is 4.94. The van der Waals surface area contributed by atoms with Gasteiger partial charge in [-0.05, 0) is 37.8 Å². The number of para-hydroxylation sites is 1. The molecule has 1 aromatic rings. The molecule has 3 rings (SSSR count). The quantitative estimate of drug-likeness (QED) is 0.684.